The highest BCUT2D eigenvalue weighted by atomic mass is 35.5. The number of carbonyl (C=O) groups is 1. The number of carbonyl (C=O) groups excluding carboxylic acids is 1. The smallest absolute Gasteiger partial charge is 0.264 e. The molecule has 2 aliphatic carbocycles. The number of nitrogens with zero attached hydrogens (tertiary/aromatic N) is 2. The largest absolute Gasteiger partial charge is 0.490 e. The molecule has 3 heterocycles. The first-order valence-electron chi connectivity index (χ1n) is 19.0. The van der Waals surface area contributed by atoms with Gasteiger partial charge in [0.15, 0.2) is 0 Å². The minimum Gasteiger partial charge on any atom is -0.490 e. The van der Waals surface area contributed by atoms with E-state index in [0.29, 0.717) is 62.6 Å². The average molecular weight is 756 g/mol. The molecule has 10 nitrogen and oxygen atoms in total. The Kier molecular flexibility index (Phi) is 11.6. The van der Waals surface area contributed by atoms with Gasteiger partial charge in [-0.05, 0) is 105 Å². The molecule has 52 heavy (non-hydrogen) atoms. The quantitative estimate of drug-likeness (QED) is 0.377. The van der Waals surface area contributed by atoms with Crippen molar-refractivity contribution in [3.63, 3.8) is 0 Å². The molecule has 0 radical (unpaired) electrons. The molecule has 7 atom stereocenters. The highest BCUT2D eigenvalue weighted by Gasteiger charge is 2.45. The van der Waals surface area contributed by atoms with E-state index in [4.69, 9.17) is 30.5 Å². The van der Waals surface area contributed by atoms with Crippen LogP contribution in [-0.4, -0.2) is 103 Å². The van der Waals surface area contributed by atoms with Gasteiger partial charge in [-0.3, -0.25) is 9.69 Å². The fourth-order valence-electron chi connectivity index (χ4n) is 8.96. The summed E-state index contributed by atoms with van der Waals surface area (Å²) in [6, 6.07) is 11.8. The summed E-state index contributed by atoms with van der Waals surface area (Å²) in [5, 5.41) is -0.0311. The van der Waals surface area contributed by atoms with Crippen LogP contribution < -0.4 is 14.4 Å². The molecule has 0 aromatic heterocycles. The number of rotatable bonds is 6. The summed E-state index contributed by atoms with van der Waals surface area (Å²) in [7, 11) is -2.21. The molecule has 1 amide bonds. The lowest BCUT2D eigenvalue weighted by molar-refractivity contribution is -0.0607. The first-order valence-corrected chi connectivity index (χ1v) is 20.9. The van der Waals surface area contributed by atoms with E-state index in [9.17, 15) is 13.2 Å². The molecule has 3 unspecified atom stereocenters. The van der Waals surface area contributed by atoms with Gasteiger partial charge in [0.2, 0.25) is 10.0 Å². The number of sulfonamides is 1. The predicted octanol–water partition coefficient (Wildman–Crippen LogP) is 5.62. The maximum absolute atomic E-state index is 13.6. The third kappa shape index (κ3) is 7.91. The van der Waals surface area contributed by atoms with Crippen molar-refractivity contribution in [2.75, 3.05) is 71.2 Å². The van der Waals surface area contributed by atoms with Crippen molar-refractivity contribution < 1.29 is 32.2 Å². The van der Waals surface area contributed by atoms with Crippen LogP contribution in [0.2, 0.25) is 5.02 Å². The minimum atomic E-state index is -3.94. The summed E-state index contributed by atoms with van der Waals surface area (Å²) in [4.78, 5) is 18.4. The molecule has 1 N–H and O–H groups in total. The first kappa shape index (κ1) is 37.6. The van der Waals surface area contributed by atoms with Crippen molar-refractivity contribution in [3.05, 3.63) is 70.3 Å². The Morgan fingerprint density at radius 2 is 2.00 bits per heavy atom. The van der Waals surface area contributed by atoms with Crippen LogP contribution in [0.3, 0.4) is 0 Å². The van der Waals surface area contributed by atoms with E-state index in [1.807, 2.05) is 25.1 Å². The third-order valence-electron chi connectivity index (χ3n) is 12.4. The number of hydrogen-bond acceptors (Lipinski definition) is 9. The van der Waals surface area contributed by atoms with Crippen molar-refractivity contribution in [3.8, 4) is 5.75 Å². The zero-order chi connectivity index (χ0) is 36.5. The van der Waals surface area contributed by atoms with Crippen molar-refractivity contribution in [2.24, 2.45) is 17.8 Å². The molecule has 2 aromatic carbocycles. The van der Waals surface area contributed by atoms with E-state index < -0.39 is 21.2 Å². The number of amides is 1. The molecule has 3 aliphatic heterocycles. The highest BCUT2D eigenvalue weighted by molar-refractivity contribution is 7.90. The molecular formula is C40H54ClN3O7S. The number of aryl methyl sites for hydroxylation is 1. The summed E-state index contributed by atoms with van der Waals surface area (Å²) in [5.74, 6) is 0.533. The van der Waals surface area contributed by atoms with E-state index in [1.165, 1.54) is 11.1 Å². The lowest BCUT2D eigenvalue weighted by atomic mass is 9.68. The van der Waals surface area contributed by atoms with Gasteiger partial charge in [0, 0.05) is 49.3 Å². The Balaban J connectivity index is 1.21. The summed E-state index contributed by atoms with van der Waals surface area (Å²) < 4.78 is 54.0. The van der Waals surface area contributed by atoms with Crippen LogP contribution in [0.15, 0.2) is 48.6 Å². The standard InChI is InChI=1S/C40H54ClN3O7S/c1-27-6-4-8-37(50-19-17-43-16-18-49-24-33(43)23-48-3)34-12-9-31(34)22-44-25-40(15-5-7-29-20-32(41)11-13-35(29)40)26-51-38-14-10-30(21-36(38)44)39(45)42-52(46,47)28(27)2/h4,8,10-11,13-14,20-21,27-28,31,33-34,37H,5-7,9,12,15-19,22-26H2,1-3H3,(H,42,45)/b8-4+/t27?,28?,31-,33+,34+,37?,40-/m0/s1. The van der Waals surface area contributed by atoms with Crippen LogP contribution in [0.4, 0.5) is 5.69 Å². The monoisotopic (exact) mass is 755 g/mol. The Morgan fingerprint density at radius 1 is 1.13 bits per heavy atom. The van der Waals surface area contributed by atoms with Crippen LogP contribution in [-0.2, 0) is 36.1 Å². The molecule has 1 saturated carbocycles. The second-order valence-electron chi connectivity index (χ2n) is 15.7. The van der Waals surface area contributed by atoms with Gasteiger partial charge in [-0.1, -0.05) is 36.7 Å². The number of ether oxygens (including phenoxy) is 4. The SMILES string of the molecule is COC[C@@H]1COCCN1CCOC1/C=C/CC(C)C(C)S(=O)(=O)NC(=O)c2ccc3c(c2)N(C[C@@H]2CC[C@@H]12)C[C@@]1(CCCc2cc(Cl)ccc21)CO3. The highest BCUT2D eigenvalue weighted by Crippen LogP contribution is 2.47. The van der Waals surface area contributed by atoms with Crippen LogP contribution >= 0.6 is 11.6 Å². The van der Waals surface area contributed by atoms with Crippen LogP contribution in [0, 0.1) is 17.8 Å². The number of benzene rings is 2. The first-order chi connectivity index (χ1) is 25.1. The summed E-state index contributed by atoms with van der Waals surface area (Å²) in [5.41, 5.74) is 3.41. The Hall–Kier alpha value is -2.67. The molecular weight excluding hydrogens is 702 g/mol. The molecule has 2 fully saturated rings. The molecule has 7 rings (SSSR count). The fraction of sp³-hybridized carbons (Fsp3) is 0.625. The van der Waals surface area contributed by atoms with Gasteiger partial charge in [0.05, 0.1) is 56.1 Å². The lowest BCUT2D eigenvalue weighted by Gasteiger charge is -2.46. The summed E-state index contributed by atoms with van der Waals surface area (Å²) in [6.07, 6.45) is 9.83. The van der Waals surface area contributed by atoms with Gasteiger partial charge in [-0.2, -0.15) is 0 Å². The Bertz CT molecular complexity index is 1740. The molecule has 1 saturated heterocycles. The number of anilines is 1. The maximum Gasteiger partial charge on any atom is 0.264 e. The van der Waals surface area contributed by atoms with Gasteiger partial charge >= 0.3 is 0 Å². The topological polar surface area (TPSA) is 107 Å². The van der Waals surface area contributed by atoms with Gasteiger partial charge < -0.3 is 23.8 Å². The average Bonchev–Trinajstić information content (AvgIpc) is 3.26. The number of methoxy groups -OCH3 is 1. The van der Waals surface area contributed by atoms with Crippen molar-refractivity contribution in [1.82, 2.24) is 9.62 Å². The molecule has 5 aliphatic rings. The van der Waals surface area contributed by atoms with Gasteiger partial charge in [0.1, 0.15) is 5.75 Å². The normalized spacial score (nSPS) is 32.8. The number of fused-ring (bicyclic) bond motifs is 4. The molecule has 2 bridgehead atoms. The molecule has 1 spiro atoms. The predicted molar refractivity (Wildman–Crippen MR) is 203 cm³/mol. The van der Waals surface area contributed by atoms with Gasteiger partial charge in [-0.15, -0.1) is 0 Å². The van der Waals surface area contributed by atoms with Gasteiger partial charge in [0.25, 0.3) is 5.91 Å². The molecule has 12 heteroatoms. The lowest BCUT2D eigenvalue weighted by Crippen LogP contribution is -2.50. The fourth-order valence-corrected chi connectivity index (χ4v) is 10.4. The summed E-state index contributed by atoms with van der Waals surface area (Å²) >= 11 is 6.48. The Labute approximate surface area is 314 Å². The summed E-state index contributed by atoms with van der Waals surface area (Å²) in [6.45, 7) is 9.79. The van der Waals surface area contributed by atoms with E-state index in [2.05, 4.69) is 38.8 Å². The molecule has 2 aromatic rings. The number of morpholine rings is 1. The third-order valence-corrected chi connectivity index (χ3v) is 14.6. The number of hydrogen-bond donors (Lipinski definition) is 1. The minimum absolute atomic E-state index is 0.104. The Morgan fingerprint density at radius 3 is 2.81 bits per heavy atom. The van der Waals surface area contributed by atoms with Crippen molar-refractivity contribution >= 4 is 33.2 Å². The van der Waals surface area contributed by atoms with Gasteiger partial charge in [-0.25, -0.2) is 13.1 Å². The van der Waals surface area contributed by atoms with Crippen molar-refractivity contribution in [2.45, 2.75) is 75.2 Å². The van der Waals surface area contributed by atoms with E-state index in [0.717, 1.165) is 69.0 Å². The van der Waals surface area contributed by atoms with E-state index >= 15 is 0 Å². The zero-order valence-electron chi connectivity index (χ0n) is 30.7. The van der Waals surface area contributed by atoms with Crippen LogP contribution in [0.25, 0.3) is 0 Å². The second kappa shape index (κ2) is 16.0. The van der Waals surface area contributed by atoms with Crippen LogP contribution in [0.1, 0.15) is 67.4 Å². The van der Waals surface area contributed by atoms with Crippen molar-refractivity contribution in [1.29, 1.82) is 0 Å². The number of allylic oxidation sites excluding steroid dienone is 1. The number of nitrogens with one attached hydrogen (secondary N) is 1. The van der Waals surface area contributed by atoms with Crippen LogP contribution in [0.5, 0.6) is 5.75 Å². The maximum atomic E-state index is 13.6. The van der Waals surface area contributed by atoms with E-state index in [-0.39, 0.29) is 23.5 Å². The second-order valence-corrected chi connectivity index (χ2v) is 18.1. The number of halogens is 1. The van der Waals surface area contributed by atoms with E-state index in [1.54, 1.807) is 20.1 Å². The molecule has 284 valence electrons. The zero-order valence-corrected chi connectivity index (χ0v) is 32.3.